The molecule has 0 aromatic heterocycles. The number of nitrogens with one attached hydrogen (secondary N) is 2. The lowest BCUT2D eigenvalue weighted by Crippen LogP contribution is -2.35. The molecule has 0 bridgehead atoms. The molecule has 2 atom stereocenters. The predicted octanol–water partition coefficient (Wildman–Crippen LogP) is 4.33. The molecule has 2 aromatic carbocycles. The zero-order valence-electron chi connectivity index (χ0n) is 24.5. The van der Waals surface area contributed by atoms with E-state index < -0.39 is 27.8 Å². The lowest BCUT2D eigenvalue weighted by atomic mass is 9.95. The van der Waals surface area contributed by atoms with E-state index in [1.54, 1.807) is 12.1 Å². The highest BCUT2D eigenvalue weighted by Gasteiger charge is 2.34. The number of ether oxygens (including phenoxy) is 3. The number of unbranched alkanes of at least 4 members (excludes halogenated alkanes) is 1. The van der Waals surface area contributed by atoms with Gasteiger partial charge in [0.15, 0.2) is 9.84 Å². The molecule has 0 saturated carbocycles. The Morgan fingerprint density at radius 3 is 2.20 bits per heavy atom. The summed E-state index contributed by atoms with van der Waals surface area (Å²) in [7, 11) is 0.470. The summed E-state index contributed by atoms with van der Waals surface area (Å²) in [6.45, 7) is 6.26. The molecule has 3 rings (SSSR count). The molecular weight excluding hydrogens is 532 g/mol. The summed E-state index contributed by atoms with van der Waals surface area (Å²) in [5.74, 6) is -0.442. The number of hydrogen-bond donors (Lipinski definition) is 2. The second-order valence-electron chi connectivity index (χ2n) is 9.47. The maximum absolute atomic E-state index is 13.7. The number of carbonyl (C=O) groups excluding carboxylic acids is 2. The molecule has 0 amide bonds. The van der Waals surface area contributed by atoms with Crippen molar-refractivity contribution >= 4 is 21.8 Å². The smallest absolute Gasteiger partial charge is 0.307 e. The van der Waals surface area contributed by atoms with Crippen LogP contribution in [0, 0.1) is 0 Å². The molecule has 2 N–H and O–H groups in total. The largest absolute Gasteiger partial charge is 0.496 e. The van der Waals surface area contributed by atoms with Gasteiger partial charge in [-0.2, -0.15) is 0 Å². The molecule has 0 spiro atoms. The van der Waals surface area contributed by atoms with Crippen LogP contribution < -0.4 is 15.4 Å². The minimum absolute atomic E-state index is 0.00413. The summed E-state index contributed by atoms with van der Waals surface area (Å²) in [6.07, 6.45) is 2.56. The molecule has 1 heterocycles. The van der Waals surface area contributed by atoms with Gasteiger partial charge in [0.05, 0.1) is 50.9 Å². The highest BCUT2D eigenvalue weighted by atomic mass is 32.2. The quantitative estimate of drug-likeness (QED) is 0.356. The molecule has 2 aromatic rings. The monoisotopic (exact) mass is 576 g/mol. The van der Waals surface area contributed by atoms with Crippen molar-refractivity contribution in [2.75, 3.05) is 27.1 Å². The van der Waals surface area contributed by atoms with Crippen LogP contribution in [-0.2, 0) is 35.4 Å². The normalized spacial score (nSPS) is 17.6. The molecule has 9 nitrogen and oxygen atoms in total. The Balaban J connectivity index is 0.00000274. The Labute approximate surface area is 238 Å². The summed E-state index contributed by atoms with van der Waals surface area (Å²) < 4.78 is 42.6. The van der Waals surface area contributed by atoms with Crippen LogP contribution in [0.25, 0.3) is 0 Å². The van der Waals surface area contributed by atoms with Crippen molar-refractivity contribution in [1.29, 1.82) is 0 Å². The van der Waals surface area contributed by atoms with Gasteiger partial charge >= 0.3 is 11.9 Å². The summed E-state index contributed by atoms with van der Waals surface area (Å²) in [4.78, 5) is 24.0. The Bertz CT molecular complexity index is 1180. The lowest BCUT2D eigenvalue weighted by Gasteiger charge is -2.24. The minimum Gasteiger partial charge on any atom is -0.496 e. The second kappa shape index (κ2) is 16.3. The molecule has 40 heavy (non-hydrogen) atoms. The highest BCUT2D eigenvalue weighted by molar-refractivity contribution is 7.91. The Morgan fingerprint density at radius 2 is 1.65 bits per heavy atom. The van der Waals surface area contributed by atoms with Gasteiger partial charge in [-0.3, -0.25) is 9.59 Å². The maximum Gasteiger partial charge on any atom is 0.307 e. The summed E-state index contributed by atoms with van der Waals surface area (Å²) >= 11 is 0. The first-order valence-corrected chi connectivity index (χ1v) is 15.5. The number of benzene rings is 2. The molecule has 0 saturated heterocycles. The minimum atomic E-state index is -3.63. The van der Waals surface area contributed by atoms with E-state index in [9.17, 15) is 18.0 Å². The fourth-order valence-electron chi connectivity index (χ4n) is 4.75. The van der Waals surface area contributed by atoms with E-state index in [-0.39, 0.29) is 42.1 Å². The van der Waals surface area contributed by atoms with Crippen molar-refractivity contribution in [2.24, 2.45) is 0 Å². The Hall–Kier alpha value is -2.95. The summed E-state index contributed by atoms with van der Waals surface area (Å²) in [6, 6.07) is 12.1. The van der Waals surface area contributed by atoms with Gasteiger partial charge in [-0.05, 0) is 29.7 Å². The lowest BCUT2D eigenvalue weighted by molar-refractivity contribution is -0.143. The second-order valence-corrected chi connectivity index (χ2v) is 11.5. The fourth-order valence-corrected chi connectivity index (χ4v) is 6.58. The van der Waals surface area contributed by atoms with Gasteiger partial charge in [-0.1, -0.05) is 63.9 Å². The van der Waals surface area contributed by atoms with E-state index in [1.807, 2.05) is 44.2 Å². The van der Waals surface area contributed by atoms with Gasteiger partial charge in [0.25, 0.3) is 0 Å². The number of hydrogen-bond acceptors (Lipinski definition) is 9. The van der Waals surface area contributed by atoms with E-state index in [0.717, 1.165) is 24.8 Å². The van der Waals surface area contributed by atoms with Gasteiger partial charge < -0.3 is 24.8 Å². The molecule has 1 aliphatic rings. The van der Waals surface area contributed by atoms with Gasteiger partial charge in [-0.25, -0.2) is 8.42 Å². The number of carbonyl (C=O) groups is 2. The van der Waals surface area contributed by atoms with Crippen molar-refractivity contribution in [3.63, 3.8) is 0 Å². The maximum atomic E-state index is 13.7. The first-order chi connectivity index (χ1) is 19.2. The zero-order chi connectivity index (χ0) is 29.7. The van der Waals surface area contributed by atoms with Gasteiger partial charge in [0.2, 0.25) is 0 Å². The Kier molecular flexibility index (Phi) is 13.6. The first-order valence-electron chi connectivity index (χ1n) is 13.8. The van der Waals surface area contributed by atoms with Crippen LogP contribution in [-0.4, -0.2) is 59.5 Å². The molecule has 0 unspecified atom stereocenters. The number of sulfone groups is 1. The standard InChI is InChI=1S/C28H38N2O7S.C2H6/c1-5-6-12-21-18-38(33,34)25-13-20(17-29-22(14-26(31)36-3)15-27(32)37-4)24(35-2)16-23(25)28(30-21)19-10-8-7-9-11-19;1-2/h7-11,13,16,21-22,28-30H,5-6,12,14-15,17-18H2,1-4H3;1-2H3/t21-,28-;/m1./s1. The molecule has 0 aliphatic carbocycles. The van der Waals surface area contributed by atoms with Gasteiger partial charge in [-0.15, -0.1) is 0 Å². The first kappa shape index (κ1) is 33.3. The number of fused-ring (bicyclic) bond motifs is 1. The summed E-state index contributed by atoms with van der Waals surface area (Å²) in [5.41, 5.74) is 2.21. The Morgan fingerprint density at radius 1 is 1.02 bits per heavy atom. The average Bonchev–Trinajstić information content (AvgIpc) is 3.08. The summed E-state index contributed by atoms with van der Waals surface area (Å²) in [5, 5.41) is 6.78. The molecule has 10 heteroatoms. The zero-order valence-corrected chi connectivity index (χ0v) is 25.3. The van der Waals surface area contributed by atoms with Crippen LogP contribution in [0.2, 0.25) is 0 Å². The predicted molar refractivity (Wildman–Crippen MR) is 155 cm³/mol. The van der Waals surface area contributed by atoms with Gasteiger partial charge in [0.1, 0.15) is 5.75 Å². The van der Waals surface area contributed by atoms with E-state index in [4.69, 9.17) is 14.2 Å². The van der Waals surface area contributed by atoms with Crippen molar-refractivity contribution in [3.05, 3.63) is 59.2 Å². The molecule has 0 radical (unpaired) electrons. The van der Waals surface area contributed by atoms with Crippen LogP contribution in [0.1, 0.15) is 75.6 Å². The third-order valence-corrected chi connectivity index (χ3v) is 8.65. The SMILES string of the molecule is CC.CCCC[C@@H]1CS(=O)(=O)c2cc(CNC(CC(=O)OC)CC(=O)OC)c(OC)cc2[C@@H](c2ccccc2)N1. The molecule has 1 aliphatic heterocycles. The average molecular weight is 577 g/mol. The third kappa shape index (κ3) is 9.04. The van der Waals surface area contributed by atoms with E-state index in [1.165, 1.54) is 21.3 Å². The van der Waals surface area contributed by atoms with Crippen LogP contribution in [0.4, 0.5) is 0 Å². The van der Waals surface area contributed by atoms with Crippen molar-refractivity contribution in [3.8, 4) is 5.75 Å². The number of rotatable bonds is 12. The van der Waals surface area contributed by atoms with E-state index in [0.29, 0.717) is 16.9 Å². The third-order valence-electron chi connectivity index (χ3n) is 6.78. The van der Waals surface area contributed by atoms with Crippen LogP contribution in [0.3, 0.4) is 0 Å². The molecule has 0 fully saturated rings. The van der Waals surface area contributed by atoms with Crippen LogP contribution in [0.15, 0.2) is 47.4 Å². The van der Waals surface area contributed by atoms with E-state index in [2.05, 4.69) is 17.6 Å². The topological polar surface area (TPSA) is 120 Å². The molecule has 222 valence electrons. The number of methoxy groups -OCH3 is 3. The van der Waals surface area contributed by atoms with Crippen molar-refractivity contribution in [2.45, 2.75) is 82.4 Å². The van der Waals surface area contributed by atoms with Crippen LogP contribution in [0.5, 0.6) is 5.75 Å². The fraction of sp³-hybridized carbons (Fsp3) is 0.533. The van der Waals surface area contributed by atoms with Crippen molar-refractivity contribution < 1.29 is 32.2 Å². The molecular formula is C30H44N2O7S. The van der Waals surface area contributed by atoms with Crippen molar-refractivity contribution in [1.82, 2.24) is 10.6 Å². The van der Waals surface area contributed by atoms with E-state index >= 15 is 0 Å². The highest BCUT2D eigenvalue weighted by Crippen LogP contribution is 2.37. The van der Waals surface area contributed by atoms with Gasteiger partial charge in [0, 0.05) is 24.2 Å². The number of esters is 2. The van der Waals surface area contributed by atoms with Crippen LogP contribution >= 0.6 is 0 Å².